The summed E-state index contributed by atoms with van der Waals surface area (Å²) >= 11 is 0. The molecule has 0 unspecified atom stereocenters. The zero-order valence-electron chi connectivity index (χ0n) is 12.3. The van der Waals surface area contributed by atoms with Crippen LogP contribution in [0.3, 0.4) is 0 Å². The molecular weight excluding hydrogens is 238 g/mol. The minimum absolute atomic E-state index is 0.344. The molecule has 0 fully saturated rings. The molecule has 0 N–H and O–H groups in total. The molecule has 3 nitrogen and oxygen atoms in total. The Kier molecular flexibility index (Phi) is 5.16. The molecule has 1 aromatic carbocycles. The van der Waals surface area contributed by atoms with Crippen LogP contribution in [-0.4, -0.2) is 16.6 Å². The average Bonchev–Trinajstić information content (AvgIpc) is 2.34. The highest BCUT2D eigenvalue weighted by atomic mass is 16.6. The molecule has 1 rings (SSSR count). The normalized spacial score (nSPS) is 10.9. The highest BCUT2D eigenvalue weighted by Gasteiger charge is 2.23. The van der Waals surface area contributed by atoms with Crippen molar-refractivity contribution >= 4 is 6.09 Å². The summed E-state index contributed by atoms with van der Waals surface area (Å²) in [5.41, 5.74) is 1.32. The summed E-state index contributed by atoms with van der Waals surface area (Å²) in [6.45, 7) is 12.0. The molecule has 1 amide bonds. The van der Waals surface area contributed by atoms with Crippen LogP contribution in [0.1, 0.15) is 39.7 Å². The maximum atomic E-state index is 12.2. The van der Waals surface area contributed by atoms with Crippen molar-refractivity contribution in [3.05, 3.63) is 48.2 Å². The highest BCUT2D eigenvalue weighted by Crippen LogP contribution is 2.17. The van der Waals surface area contributed by atoms with Gasteiger partial charge in [-0.1, -0.05) is 43.8 Å². The van der Waals surface area contributed by atoms with Crippen LogP contribution in [0.2, 0.25) is 0 Å². The Balaban J connectivity index is 2.84. The molecule has 0 radical (unpaired) electrons. The van der Waals surface area contributed by atoms with Crippen molar-refractivity contribution in [1.82, 2.24) is 4.90 Å². The van der Waals surface area contributed by atoms with Crippen LogP contribution in [-0.2, 0) is 11.3 Å². The molecule has 0 bridgehead atoms. The van der Waals surface area contributed by atoms with Gasteiger partial charge in [0.15, 0.2) is 0 Å². The monoisotopic (exact) mass is 261 g/mol. The number of benzene rings is 1. The Morgan fingerprint density at radius 2 is 1.84 bits per heavy atom. The van der Waals surface area contributed by atoms with E-state index in [4.69, 9.17) is 4.74 Å². The lowest BCUT2D eigenvalue weighted by atomic mass is 10.2. The number of hydrogen-bond donors (Lipinski definition) is 0. The van der Waals surface area contributed by atoms with E-state index in [0.29, 0.717) is 13.0 Å². The first kappa shape index (κ1) is 15.3. The Labute approximate surface area is 115 Å². The van der Waals surface area contributed by atoms with Crippen LogP contribution in [0.15, 0.2) is 42.6 Å². The number of amides is 1. The van der Waals surface area contributed by atoms with E-state index in [9.17, 15) is 4.79 Å². The highest BCUT2D eigenvalue weighted by molar-refractivity contribution is 5.70. The SMILES string of the molecule is C=C(CC)N(Cc1ccccc1)C(=O)OC(C)(C)C. The quantitative estimate of drug-likeness (QED) is 0.806. The summed E-state index contributed by atoms with van der Waals surface area (Å²) in [5, 5.41) is 0. The third kappa shape index (κ3) is 5.16. The third-order valence-electron chi connectivity index (χ3n) is 2.59. The molecule has 0 atom stereocenters. The molecule has 0 aliphatic heterocycles. The van der Waals surface area contributed by atoms with Crippen LogP contribution >= 0.6 is 0 Å². The van der Waals surface area contributed by atoms with Gasteiger partial charge in [-0.15, -0.1) is 0 Å². The molecule has 19 heavy (non-hydrogen) atoms. The van der Waals surface area contributed by atoms with Crippen molar-refractivity contribution in [1.29, 1.82) is 0 Å². The number of rotatable bonds is 4. The van der Waals surface area contributed by atoms with E-state index in [1.165, 1.54) is 0 Å². The Morgan fingerprint density at radius 3 is 2.32 bits per heavy atom. The number of hydrogen-bond acceptors (Lipinski definition) is 2. The fraction of sp³-hybridized carbons (Fsp3) is 0.438. The van der Waals surface area contributed by atoms with Gasteiger partial charge in [-0.2, -0.15) is 0 Å². The van der Waals surface area contributed by atoms with Crippen molar-refractivity contribution < 1.29 is 9.53 Å². The summed E-state index contributed by atoms with van der Waals surface area (Å²) in [4.78, 5) is 13.8. The summed E-state index contributed by atoms with van der Waals surface area (Å²) in [6.07, 6.45) is 0.370. The Bertz CT molecular complexity index is 432. The van der Waals surface area contributed by atoms with Crippen LogP contribution < -0.4 is 0 Å². The van der Waals surface area contributed by atoms with Crippen molar-refractivity contribution in [2.45, 2.75) is 46.3 Å². The molecule has 3 heteroatoms. The van der Waals surface area contributed by atoms with Gasteiger partial charge in [0.1, 0.15) is 5.60 Å². The van der Waals surface area contributed by atoms with Crippen molar-refractivity contribution in [2.24, 2.45) is 0 Å². The predicted octanol–water partition coefficient (Wildman–Crippen LogP) is 4.35. The second-order valence-electron chi connectivity index (χ2n) is 5.47. The molecule has 0 heterocycles. The van der Waals surface area contributed by atoms with E-state index in [0.717, 1.165) is 11.3 Å². The number of allylic oxidation sites excluding steroid dienone is 1. The fourth-order valence-electron chi connectivity index (χ4n) is 1.58. The second kappa shape index (κ2) is 6.41. The molecule has 0 aromatic heterocycles. The van der Waals surface area contributed by atoms with E-state index in [2.05, 4.69) is 6.58 Å². The molecule has 1 aromatic rings. The maximum Gasteiger partial charge on any atom is 0.414 e. The first-order valence-corrected chi connectivity index (χ1v) is 6.55. The summed E-state index contributed by atoms with van der Waals surface area (Å²) < 4.78 is 5.42. The van der Waals surface area contributed by atoms with Crippen molar-refractivity contribution in [3.63, 3.8) is 0 Å². The molecule has 0 saturated heterocycles. The van der Waals surface area contributed by atoms with Gasteiger partial charge in [-0.3, -0.25) is 4.90 Å². The first-order chi connectivity index (χ1) is 8.83. The number of carbonyl (C=O) groups excluding carboxylic acids is 1. The van der Waals surface area contributed by atoms with Crippen LogP contribution in [0.5, 0.6) is 0 Å². The van der Waals surface area contributed by atoms with Crippen LogP contribution in [0, 0.1) is 0 Å². The number of ether oxygens (including phenoxy) is 1. The molecular formula is C16H23NO2. The maximum absolute atomic E-state index is 12.2. The van der Waals surface area contributed by atoms with Crippen LogP contribution in [0.4, 0.5) is 4.79 Å². The third-order valence-corrected chi connectivity index (χ3v) is 2.59. The fourth-order valence-corrected chi connectivity index (χ4v) is 1.58. The van der Waals surface area contributed by atoms with Crippen LogP contribution in [0.25, 0.3) is 0 Å². The zero-order chi connectivity index (χ0) is 14.5. The van der Waals surface area contributed by atoms with Crippen molar-refractivity contribution in [2.75, 3.05) is 0 Å². The van der Waals surface area contributed by atoms with Gasteiger partial charge in [-0.05, 0) is 32.8 Å². The van der Waals surface area contributed by atoms with E-state index in [-0.39, 0.29) is 6.09 Å². The van der Waals surface area contributed by atoms with Gasteiger partial charge in [0.25, 0.3) is 0 Å². The standard InChI is InChI=1S/C16H23NO2/c1-6-13(2)17(15(18)19-16(3,4)5)12-14-10-8-7-9-11-14/h7-11H,2,6,12H2,1,3-5H3. The molecule has 104 valence electrons. The Morgan fingerprint density at radius 1 is 1.26 bits per heavy atom. The van der Waals surface area contributed by atoms with Gasteiger partial charge in [0.2, 0.25) is 0 Å². The van der Waals surface area contributed by atoms with E-state index >= 15 is 0 Å². The van der Waals surface area contributed by atoms with E-state index < -0.39 is 5.60 Å². The summed E-state index contributed by atoms with van der Waals surface area (Å²) in [7, 11) is 0. The van der Waals surface area contributed by atoms with Gasteiger partial charge < -0.3 is 4.74 Å². The lowest BCUT2D eigenvalue weighted by Gasteiger charge is -2.28. The van der Waals surface area contributed by atoms with E-state index in [1.807, 2.05) is 58.0 Å². The molecule has 0 spiro atoms. The minimum Gasteiger partial charge on any atom is -0.443 e. The molecule has 0 saturated carbocycles. The van der Waals surface area contributed by atoms with Gasteiger partial charge in [0, 0.05) is 5.70 Å². The zero-order valence-corrected chi connectivity index (χ0v) is 12.3. The lowest BCUT2D eigenvalue weighted by Crippen LogP contribution is -2.35. The van der Waals surface area contributed by atoms with Gasteiger partial charge in [-0.25, -0.2) is 4.79 Å². The smallest absolute Gasteiger partial charge is 0.414 e. The molecule has 0 aliphatic rings. The Hall–Kier alpha value is -1.77. The van der Waals surface area contributed by atoms with Crippen molar-refractivity contribution in [3.8, 4) is 0 Å². The largest absolute Gasteiger partial charge is 0.443 e. The minimum atomic E-state index is -0.500. The number of nitrogens with zero attached hydrogens (tertiary/aromatic N) is 1. The number of carbonyl (C=O) groups is 1. The summed E-state index contributed by atoms with van der Waals surface area (Å²) in [5.74, 6) is 0. The summed E-state index contributed by atoms with van der Waals surface area (Å²) in [6, 6.07) is 9.84. The first-order valence-electron chi connectivity index (χ1n) is 6.55. The topological polar surface area (TPSA) is 29.5 Å². The lowest BCUT2D eigenvalue weighted by molar-refractivity contribution is 0.0296. The molecule has 0 aliphatic carbocycles. The average molecular weight is 261 g/mol. The van der Waals surface area contributed by atoms with Gasteiger partial charge in [0.05, 0.1) is 6.54 Å². The predicted molar refractivity (Wildman–Crippen MR) is 77.7 cm³/mol. The second-order valence-corrected chi connectivity index (χ2v) is 5.47. The van der Waals surface area contributed by atoms with Gasteiger partial charge >= 0.3 is 6.09 Å². The van der Waals surface area contributed by atoms with E-state index in [1.54, 1.807) is 4.90 Å².